The summed E-state index contributed by atoms with van der Waals surface area (Å²) in [5, 5.41) is 29.0. The van der Waals surface area contributed by atoms with E-state index in [0.29, 0.717) is 52.4 Å². The molecule has 29 aromatic rings. The van der Waals surface area contributed by atoms with E-state index in [1.807, 2.05) is 169 Å². The van der Waals surface area contributed by atoms with Gasteiger partial charge in [0.15, 0.2) is 52.4 Å². The lowest BCUT2D eigenvalue weighted by molar-refractivity contribution is 0.669. The third kappa shape index (κ3) is 14.6. The van der Waals surface area contributed by atoms with Gasteiger partial charge in [-0.15, -0.1) is 11.3 Å². The molecule has 0 unspecified atom stereocenters. The predicted molar refractivity (Wildman–Crippen MR) is 584 cm³/mol. The molecule has 6 heterocycles. The van der Waals surface area contributed by atoms with Gasteiger partial charge in [0, 0.05) is 103 Å². The van der Waals surface area contributed by atoms with Crippen LogP contribution in [0.25, 0.3) is 286 Å². The zero-order valence-electron chi connectivity index (χ0n) is 75.7. The monoisotopic (exact) mass is 1820 g/mol. The molecule has 29 rings (SSSR count). The summed E-state index contributed by atoms with van der Waals surface area (Å²) in [5.74, 6) is 5.86. The first-order chi connectivity index (χ1) is 69.8. The Bertz CT molecular complexity index is 9980. The number of benzene rings is 23. The van der Waals surface area contributed by atoms with Crippen LogP contribution in [0.2, 0.25) is 0 Å². The molecular formula is C129H77N9O2S. The van der Waals surface area contributed by atoms with Crippen LogP contribution in [0.15, 0.2) is 476 Å². The van der Waals surface area contributed by atoms with Crippen LogP contribution in [0, 0.1) is 0 Å². The minimum atomic E-state index is 0.639. The normalized spacial score (nSPS) is 11.7. The Labute approximate surface area is 812 Å². The quantitative estimate of drug-likeness (QED) is 0.114. The first-order valence-corrected chi connectivity index (χ1v) is 48.1. The number of aromatic nitrogens is 9. The van der Waals surface area contributed by atoms with Gasteiger partial charge in [0.1, 0.15) is 22.3 Å². The molecule has 0 bridgehead atoms. The summed E-state index contributed by atoms with van der Waals surface area (Å²) in [6.07, 6.45) is 0. The molecule has 0 aliphatic carbocycles. The molecule has 0 N–H and O–H groups in total. The highest BCUT2D eigenvalue weighted by molar-refractivity contribution is 7.27. The van der Waals surface area contributed by atoms with Crippen LogP contribution < -0.4 is 0 Å². The van der Waals surface area contributed by atoms with Crippen molar-refractivity contribution < 1.29 is 8.83 Å². The van der Waals surface area contributed by atoms with Crippen molar-refractivity contribution in [2.45, 2.75) is 0 Å². The zero-order chi connectivity index (χ0) is 93.0. The molecule has 141 heavy (non-hydrogen) atoms. The second-order valence-corrected chi connectivity index (χ2v) is 36.7. The van der Waals surface area contributed by atoms with Crippen LogP contribution in [0.3, 0.4) is 0 Å². The number of rotatable bonds is 11. The molecule has 0 atom stereocenters. The Balaban J connectivity index is 0.000000106. The number of furan rings is 2. The Morgan fingerprint density at radius 2 is 0.404 bits per heavy atom. The third-order valence-corrected chi connectivity index (χ3v) is 28.5. The lowest BCUT2D eigenvalue weighted by Crippen LogP contribution is -2.00. The number of fused-ring (bicyclic) bond motifs is 28. The third-order valence-electron chi connectivity index (χ3n) is 27.3. The number of nitrogens with zero attached hydrogens (tertiary/aromatic N) is 9. The van der Waals surface area contributed by atoms with Gasteiger partial charge in [-0.1, -0.05) is 406 Å². The van der Waals surface area contributed by atoms with E-state index in [4.69, 9.17) is 53.7 Å². The Morgan fingerprint density at radius 1 is 0.142 bits per heavy atom. The fourth-order valence-electron chi connectivity index (χ4n) is 20.5. The Morgan fingerprint density at radius 3 is 0.865 bits per heavy atom. The van der Waals surface area contributed by atoms with Crippen molar-refractivity contribution in [3.63, 3.8) is 0 Å². The molecule has 0 radical (unpaired) electrons. The van der Waals surface area contributed by atoms with E-state index in [2.05, 4.69) is 309 Å². The summed E-state index contributed by atoms with van der Waals surface area (Å²) in [6.45, 7) is 0. The first kappa shape index (κ1) is 81.8. The van der Waals surface area contributed by atoms with Gasteiger partial charge in [-0.25, -0.2) is 44.9 Å². The van der Waals surface area contributed by atoms with Gasteiger partial charge in [-0.05, 0) is 169 Å². The standard InChI is InChI=1S/2C45H27N3O.C39H23N3S/c1-3-9-28(10-4-1)29-15-18-32(19-16-29)44-46-43(31-11-5-2-6-12-31)47-45(48-44)34-22-23-35-33(27-34)20-17-30-21-24-37-36(41(30)35)25-26-40-42(37)38-13-7-8-14-39(38)49-40;1-3-9-28(10-4-1)29-15-18-32(19-16-29)44-46-43(31-11-5-2-6-12-31)47-45(48-44)34-22-23-35-33(27-34)20-17-30-21-24-39-37(41(30)35)25-26-38-36-13-7-8-14-40(36)49-42(38)39;1-3-11-24(12-4-1)37-40-38(25-13-5-2-6-14-25)42-39(41-37)27-20-21-28-26(23-27)19-22-32-34(28)29-15-7-8-16-30(29)35-31-17-9-10-18-33(31)43-36(32)35/h2*1-27H;1-23H. The highest BCUT2D eigenvalue weighted by Crippen LogP contribution is 2.49. The average Bonchev–Trinajstić information content (AvgIpc) is 1.63. The van der Waals surface area contributed by atoms with E-state index in [9.17, 15) is 0 Å². The van der Waals surface area contributed by atoms with E-state index >= 15 is 0 Å². The van der Waals surface area contributed by atoms with E-state index < -0.39 is 0 Å². The van der Waals surface area contributed by atoms with Gasteiger partial charge in [0.05, 0.1) is 0 Å². The molecule has 11 nitrogen and oxygen atoms in total. The fraction of sp³-hybridized carbons (Fsp3) is 0. The summed E-state index contributed by atoms with van der Waals surface area (Å²) in [5.41, 5.74) is 16.9. The maximum absolute atomic E-state index is 6.41. The molecule has 0 saturated heterocycles. The SMILES string of the molecule is c1ccc(-c2ccc(-c3nc(-c4ccccc4)nc(-c4ccc5c(ccc6ccc7c(ccc8c9ccccc9oc87)c65)c4)n3)cc2)cc1.c1ccc(-c2ccc(-c3nc(-c4ccccc4)nc(-c4ccc5c(ccc6ccc7c(ccc8oc9ccccc9c87)c65)c4)n3)cc2)cc1.c1ccc(-c2nc(-c3ccccc3)nc(-c3ccc4c(ccc5c6sc7ccccc7c6c6ccccc6c45)c3)n2)cc1. The molecule has 12 heteroatoms. The van der Waals surface area contributed by atoms with Crippen molar-refractivity contribution >= 4 is 172 Å². The van der Waals surface area contributed by atoms with Gasteiger partial charge < -0.3 is 8.83 Å². The van der Waals surface area contributed by atoms with Crippen LogP contribution in [0.4, 0.5) is 0 Å². The smallest absolute Gasteiger partial charge is 0.164 e. The summed E-state index contributed by atoms with van der Waals surface area (Å²) in [7, 11) is 0. The Hall–Kier alpha value is -18.8. The summed E-state index contributed by atoms with van der Waals surface area (Å²) in [4.78, 5) is 44.8. The number of hydrogen-bond donors (Lipinski definition) is 0. The first-order valence-electron chi connectivity index (χ1n) is 47.3. The summed E-state index contributed by atoms with van der Waals surface area (Å²) in [6, 6.07) is 163. The summed E-state index contributed by atoms with van der Waals surface area (Å²) < 4.78 is 15.3. The second-order valence-electron chi connectivity index (χ2n) is 35.6. The molecule has 0 aliphatic heterocycles. The van der Waals surface area contributed by atoms with E-state index in [1.165, 1.54) is 112 Å². The average molecular weight is 1820 g/mol. The van der Waals surface area contributed by atoms with Crippen LogP contribution >= 0.6 is 11.3 Å². The number of thiophene rings is 1. The maximum Gasteiger partial charge on any atom is 0.164 e. The molecule has 0 fully saturated rings. The number of hydrogen-bond acceptors (Lipinski definition) is 12. The van der Waals surface area contributed by atoms with Crippen LogP contribution in [-0.2, 0) is 0 Å². The number of para-hydroxylation sites is 2. The lowest BCUT2D eigenvalue weighted by atomic mass is 9.93. The molecular weight excluding hydrogens is 1740 g/mol. The summed E-state index contributed by atoms with van der Waals surface area (Å²) >= 11 is 1.89. The topological polar surface area (TPSA) is 142 Å². The van der Waals surface area contributed by atoms with Crippen molar-refractivity contribution in [2.24, 2.45) is 0 Å². The minimum Gasteiger partial charge on any atom is -0.456 e. The molecule has 0 saturated carbocycles. The van der Waals surface area contributed by atoms with Crippen molar-refractivity contribution in [1.82, 2.24) is 44.9 Å². The van der Waals surface area contributed by atoms with Crippen LogP contribution in [0.1, 0.15) is 0 Å². The Kier molecular flexibility index (Phi) is 19.9. The van der Waals surface area contributed by atoms with Crippen molar-refractivity contribution in [3.05, 3.63) is 467 Å². The molecule has 0 amide bonds. The van der Waals surface area contributed by atoms with E-state index in [0.717, 1.165) is 121 Å². The predicted octanol–water partition coefficient (Wildman–Crippen LogP) is 34.5. The highest BCUT2D eigenvalue weighted by Gasteiger charge is 2.24. The second kappa shape index (κ2) is 34.3. The van der Waals surface area contributed by atoms with Gasteiger partial charge in [0.25, 0.3) is 0 Å². The van der Waals surface area contributed by atoms with Crippen molar-refractivity contribution in [1.29, 1.82) is 0 Å². The van der Waals surface area contributed by atoms with E-state index in [-0.39, 0.29) is 0 Å². The highest BCUT2D eigenvalue weighted by atomic mass is 32.1. The van der Waals surface area contributed by atoms with Crippen molar-refractivity contribution in [3.8, 4) is 125 Å². The molecule has 656 valence electrons. The van der Waals surface area contributed by atoms with Crippen molar-refractivity contribution in [2.75, 3.05) is 0 Å². The fourth-order valence-corrected chi connectivity index (χ4v) is 21.8. The maximum atomic E-state index is 6.41. The van der Waals surface area contributed by atoms with Crippen LogP contribution in [-0.4, -0.2) is 44.9 Å². The van der Waals surface area contributed by atoms with E-state index in [1.54, 1.807) is 0 Å². The van der Waals surface area contributed by atoms with Gasteiger partial charge >= 0.3 is 0 Å². The largest absolute Gasteiger partial charge is 0.456 e. The molecule has 23 aromatic carbocycles. The molecule has 0 aliphatic rings. The van der Waals surface area contributed by atoms with Gasteiger partial charge in [-0.2, -0.15) is 0 Å². The minimum absolute atomic E-state index is 0.639. The van der Waals surface area contributed by atoms with Gasteiger partial charge in [0.2, 0.25) is 0 Å². The van der Waals surface area contributed by atoms with Gasteiger partial charge in [-0.3, -0.25) is 0 Å². The lowest BCUT2D eigenvalue weighted by Gasteiger charge is -2.12. The molecule has 0 spiro atoms. The zero-order valence-corrected chi connectivity index (χ0v) is 76.5. The van der Waals surface area contributed by atoms with Crippen LogP contribution in [0.5, 0.6) is 0 Å². The molecule has 6 aromatic heterocycles.